The highest BCUT2D eigenvalue weighted by Gasteiger charge is 2.34. The van der Waals surface area contributed by atoms with Crippen molar-refractivity contribution >= 4 is 11.4 Å². The number of ether oxygens (including phenoxy) is 1. The predicted molar refractivity (Wildman–Crippen MR) is 98.7 cm³/mol. The fraction of sp³-hybridized carbons (Fsp3) is 0.368. The molecule has 0 bridgehead atoms. The molecule has 1 aliphatic heterocycles. The molecule has 1 heterocycles. The first-order chi connectivity index (χ1) is 13.3. The molecule has 150 valence electrons. The number of benzene rings is 2. The van der Waals surface area contributed by atoms with Gasteiger partial charge in [0, 0.05) is 38.8 Å². The Morgan fingerprint density at radius 1 is 1.04 bits per heavy atom. The molecule has 2 aromatic carbocycles. The van der Waals surface area contributed by atoms with Crippen molar-refractivity contribution in [2.45, 2.75) is 6.18 Å². The molecule has 0 N–H and O–H groups in total. The number of nitro benzene ring substituents is 1. The van der Waals surface area contributed by atoms with Gasteiger partial charge < -0.3 is 9.64 Å². The summed E-state index contributed by atoms with van der Waals surface area (Å²) in [6, 6.07) is 12.1. The molecule has 6 nitrogen and oxygen atoms in total. The number of hydrogen-bond acceptors (Lipinski definition) is 5. The molecule has 9 heteroatoms. The second kappa shape index (κ2) is 8.47. The SMILES string of the molecule is O=[N+]([O-])c1cc(C(F)(F)F)ccc1N1CCN(CCOc2ccccc2)CC1. The van der Waals surface area contributed by atoms with Crippen LogP contribution in [0.1, 0.15) is 5.56 Å². The van der Waals surface area contributed by atoms with Crippen LogP contribution in [-0.2, 0) is 6.18 Å². The van der Waals surface area contributed by atoms with Gasteiger partial charge in [0.05, 0.1) is 10.5 Å². The van der Waals surface area contributed by atoms with Gasteiger partial charge in [0.15, 0.2) is 0 Å². The Labute approximate surface area is 160 Å². The van der Waals surface area contributed by atoms with E-state index in [1.165, 1.54) is 6.07 Å². The second-order valence-corrected chi connectivity index (χ2v) is 6.45. The molecule has 0 spiro atoms. The summed E-state index contributed by atoms with van der Waals surface area (Å²) in [5, 5.41) is 11.3. The largest absolute Gasteiger partial charge is 0.492 e. The van der Waals surface area contributed by atoms with Crippen LogP contribution in [-0.4, -0.2) is 49.2 Å². The highest BCUT2D eigenvalue weighted by Crippen LogP contribution is 2.36. The summed E-state index contributed by atoms with van der Waals surface area (Å²) < 4.78 is 44.2. The molecule has 2 aromatic rings. The number of hydrogen-bond donors (Lipinski definition) is 0. The van der Waals surface area contributed by atoms with Gasteiger partial charge in [0.1, 0.15) is 18.0 Å². The summed E-state index contributed by atoms with van der Waals surface area (Å²) in [5.41, 5.74) is -1.31. The Hall–Kier alpha value is -2.81. The minimum atomic E-state index is -4.61. The van der Waals surface area contributed by atoms with Crippen molar-refractivity contribution in [3.63, 3.8) is 0 Å². The highest BCUT2D eigenvalue weighted by atomic mass is 19.4. The normalized spacial score (nSPS) is 15.5. The van der Waals surface area contributed by atoms with E-state index in [-0.39, 0.29) is 5.69 Å². The lowest BCUT2D eigenvalue weighted by Crippen LogP contribution is -2.47. The molecule has 1 saturated heterocycles. The van der Waals surface area contributed by atoms with E-state index >= 15 is 0 Å². The number of piperazine rings is 1. The molecule has 28 heavy (non-hydrogen) atoms. The third kappa shape index (κ3) is 4.92. The van der Waals surface area contributed by atoms with Crippen molar-refractivity contribution < 1.29 is 22.8 Å². The van der Waals surface area contributed by atoms with Gasteiger partial charge in [-0.1, -0.05) is 18.2 Å². The van der Waals surface area contributed by atoms with Crippen LogP contribution < -0.4 is 9.64 Å². The average molecular weight is 395 g/mol. The zero-order chi connectivity index (χ0) is 20.1. The van der Waals surface area contributed by atoms with Gasteiger partial charge in [-0.15, -0.1) is 0 Å². The smallest absolute Gasteiger partial charge is 0.416 e. The molecular weight excluding hydrogens is 375 g/mol. The number of anilines is 1. The van der Waals surface area contributed by atoms with Gasteiger partial charge in [0.2, 0.25) is 0 Å². The lowest BCUT2D eigenvalue weighted by atomic mass is 10.1. The number of nitro groups is 1. The number of halogens is 3. The second-order valence-electron chi connectivity index (χ2n) is 6.45. The van der Waals surface area contributed by atoms with Crippen LogP contribution in [0, 0.1) is 10.1 Å². The average Bonchev–Trinajstić information content (AvgIpc) is 2.68. The zero-order valence-electron chi connectivity index (χ0n) is 15.1. The minimum absolute atomic E-state index is 0.221. The predicted octanol–water partition coefficient (Wildman–Crippen LogP) is 3.81. The lowest BCUT2D eigenvalue weighted by molar-refractivity contribution is -0.384. The Kier molecular flexibility index (Phi) is 6.03. The first-order valence-corrected chi connectivity index (χ1v) is 8.85. The summed E-state index contributed by atoms with van der Waals surface area (Å²) in [6.45, 7) is 3.52. The van der Waals surface area contributed by atoms with Crippen LogP contribution >= 0.6 is 0 Å². The molecule has 0 amide bonds. The van der Waals surface area contributed by atoms with Crippen LogP contribution in [0.15, 0.2) is 48.5 Å². The molecule has 3 rings (SSSR count). The van der Waals surface area contributed by atoms with Crippen LogP contribution in [0.25, 0.3) is 0 Å². The van der Waals surface area contributed by atoms with E-state index in [9.17, 15) is 23.3 Å². The third-order valence-electron chi connectivity index (χ3n) is 4.63. The summed E-state index contributed by atoms with van der Waals surface area (Å²) in [5.74, 6) is 0.793. The van der Waals surface area contributed by atoms with Crippen molar-refractivity contribution in [1.29, 1.82) is 0 Å². The fourth-order valence-electron chi connectivity index (χ4n) is 3.14. The van der Waals surface area contributed by atoms with Crippen LogP contribution in [0.2, 0.25) is 0 Å². The molecule has 0 atom stereocenters. The molecule has 1 fully saturated rings. The van der Waals surface area contributed by atoms with E-state index in [0.717, 1.165) is 11.8 Å². The first kappa shape index (κ1) is 19.9. The van der Waals surface area contributed by atoms with Crippen LogP contribution in [0.3, 0.4) is 0 Å². The first-order valence-electron chi connectivity index (χ1n) is 8.85. The summed E-state index contributed by atoms with van der Waals surface area (Å²) >= 11 is 0. The van der Waals surface area contributed by atoms with Crippen molar-refractivity contribution in [3.05, 3.63) is 64.2 Å². The highest BCUT2D eigenvalue weighted by molar-refractivity contribution is 5.65. The maximum atomic E-state index is 12.8. The van der Waals surface area contributed by atoms with Crippen molar-refractivity contribution in [1.82, 2.24) is 4.90 Å². The number of rotatable bonds is 6. The molecule has 0 aromatic heterocycles. The van der Waals surface area contributed by atoms with E-state index in [1.54, 1.807) is 4.90 Å². The van der Waals surface area contributed by atoms with Gasteiger partial charge in [-0.05, 0) is 24.3 Å². The summed E-state index contributed by atoms with van der Waals surface area (Å²) in [4.78, 5) is 14.4. The van der Waals surface area contributed by atoms with Crippen molar-refractivity contribution in [2.24, 2.45) is 0 Å². The van der Waals surface area contributed by atoms with Gasteiger partial charge >= 0.3 is 6.18 Å². The third-order valence-corrected chi connectivity index (χ3v) is 4.63. The number of alkyl halides is 3. The van der Waals surface area contributed by atoms with Gasteiger partial charge in [-0.25, -0.2) is 0 Å². The Bertz CT molecular complexity index is 807. The Morgan fingerprint density at radius 3 is 2.32 bits per heavy atom. The number of para-hydroxylation sites is 1. The molecule has 0 aliphatic carbocycles. The maximum absolute atomic E-state index is 12.8. The van der Waals surface area contributed by atoms with Crippen molar-refractivity contribution in [2.75, 3.05) is 44.2 Å². The van der Waals surface area contributed by atoms with Gasteiger partial charge in [0.25, 0.3) is 5.69 Å². The molecule has 0 unspecified atom stereocenters. The van der Waals surface area contributed by atoms with Crippen LogP contribution in [0.4, 0.5) is 24.5 Å². The van der Waals surface area contributed by atoms with Gasteiger partial charge in [-0.2, -0.15) is 13.2 Å². The van der Waals surface area contributed by atoms with E-state index in [4.69, 9.17) is 4.74 Å². The molecule has 0 saturated carbocycles. The number of nitrogens with zero attached hydrogens (tertiary/aromatic N) is 3. The van der Waals surface area contributed by atoms with E-state index in [1.807, 2.05) is 30.3 Å². The maximum Gasteiger partial charge on any atom is 0.416 e. The summed E-state index contributed by atoms with van der Waals surface area (Å²) in [6.07, 6.45) is -4.61. The molecule has 1 aliphatic rings. The van der Waals surface area contributed by atoms with E-state index in [0.29, 0.717) is 45.4 Å². The lowest BCUT2D eigenvalue weighted by Gasteiger charge is -2.35. The topological polar surface area (TPSA) is 58.9 Å². The zero-order valence-corrected chi connectivity index (χ0v) is 15.1. The standard InChI is InChI=1S/C19H20F3N3O3/c20-19(21,22)15-6-7-17(18(14-15)25(26)27)24-10-8-23(9-11-24)12-13-28-16-4-2-1-3-5-16/h1-7,14H,8-13H2. The summed E-state index contributed by atoms with van der Waals surface area (Å²) in [7, 11) is 0. The quantitative estimate of drug-likeness (QED) is 0.550. The Balaban J connectivity index is 1.57. The van der Waals surface area contributed by atoms with E-state index in [2.05, 4.69) is 4.90 Å². The fourth-order valence-corrected chi connectivity index (χ4v) is 3.14. The Morgan fingerprint density at radius 2 is 1.71 bits per heavy atom. The molecular formula is C19H20F3N3O3. The van der Waals surface area contributed by atoms with Gasteiger partial charge in [-0.3, -0.25) is 15.0 Å². The van der Waals surface area contributed by atoms with Crippen LogP contribution in [0.5, 0.6) is 5.75 Å². The van der Waals surface area contributed by atoms with E-state index < -0.39 is 22.4 Å². The monoisotopic (exact) mass is 395 g/mol. The minimum Gasteiger partial charge on any atom is -0.492 e. The van der Waals surface area contributed by atoms with Crippen molar-refractivity contribution in [3.8, 4) is 5.75 Å². The molecule has 0 radical (unpaired) electrons.